The maximum Gasteiger partial charge on any atom is 0.251 e. The summed E-state index contributed by atoms with van der Waals surface area (Å²) in [6.07, 6.45) is 1.98. The first kappa shape index (κ1) is 19.1. The number of carbonyl (C=O) groups excluding carboxylic acids is 1. The topological polar surface area (TPSA) is 66.5 Å². The summed E-state index contributed by atoms with van der Waals surface area (Å²) in [6.45, 7) is 0.508. The van der Waals surface area contributed by atoms with E-state index in [4.69, 9.17) is 0 Å². The zero-order valence-electron chi connectivity index (χ0n) is 14.8. The number of hydrogen-bond acceptors (Lipinski definition) is 4. The smallest absolute Gasteiger partial charge is 0.251 e. The molecule has 6 heteroatoms. The molecule has 5 nitrogen and oxygen atoms in total. The van der Waals surface area contributed by atoms with Gasteiger partial charge in [-0.15, -0.1) is 0 Å². The normalized spacial score (nSPS) is 12.8. The first-order valence-corrected chi connectivity index (χ1v) is 9.95. The number of nitrogens with zero attached hydrogens (tertiary/aromatic N) is 1. The third-order valence-corrected chi connectivity index (χ3v) is 5.22. The summed E-state index contributed by atoms with van der Waals surface area (Å²) in [5, 5.41) is 2.93. The van der Waals surface area contributed by atoms with Crippen LogP contribution in [0.15, 0.2) is 59.5 Å². The second-order valence-electron chi connectivity index (χ2n) is 6.31. The fraction of sp³-hybridized carbons (Fsp3) is 0.316. The minimum Gasteiger partial charge on any atom is -0.350 e. The molecule has 0 radical (unpaired) electrons. The molecule has 1 N–H and O–H groups in total. The minimum absolute atomic E-state index is 0.168. The Hall–Kier alpha value is -2.18. The summed E-state index contributed by atoms with van der Waals surface area (Å²) >= 11 is 0. The number of nitrogens with one attached hydrogen (secondary N) is 1. The molecule has 0 aliphatic heterocycles. The number of sulfone groups is 1. The Morgan fingerprint density at radius 3 is 2.16 bits per heavy atom. The Bertz CT molecular complexity index is 800. The van der Waals surface area contributed by atoms with Crippen molar-refractivity contribution < 1.29 is 13.2 Å². The number of hydrogen-bond donors (Lipinski definition) is 1. The highest BCUT2D eigenvalue weighted by Gasteiger charge is 2.15. The number of amides is 1. The molecule has 0 spiro atoms. The predicted octanol–water partition coefficient (Wildman–Crippen LogP) is 1.99. The molecule has 0 saturated carbocycles. The highest BCUT2D eigenvalue weighted by molar-refractivity contribution is 7.90. The van der Waals surface area contributed by atoms with E-state index in [9.17, 15) is 13.2 Å². The van der Waals surface area contributed by atoms with Crippen molar-refractivity contribution in [3.63, 3.8) is 0 Å². The Kier molecular flexibility index (Phi) is 6.33. The van der Waals surface area contributed by atoms with Crippen molar-refractivity contribution in [2.24, 2.45) is 0 Å². The Labute approximate surface area is 149 Å². The van der Waals surface area contributed by atoms with E-state index in [1.807, 2.05) is 32.3 Å². The molecule has 1 unspecified atom stereocenters. The van der Waals surface area contributed by atoms with Crippen molar-refractivity contribution in [1.29, 1.82) is 0 Å². The van der Waals surface area contributed by atoms with Crippen LogP contribution < -0.4 is 5.32 Å². The lowest BCUT2D eigenvalue weighted by Crippen LogP contribution is -2.41. The second-order valence-corrected chi connectivity index (χ2v) is 8.33. The summed E-state index contributed by atoms with van der Waals surface area (Å²) in [4.78, 5) is 14.6. The molecular weight excluding hydrogens is 336 g/mol. The molecule has 0 aromatic heterocycles. The van der Waals surface area contributed by atoms with Gasteiger partial charge in [0.2, 0.25) is 0 Å². The van der Waals surface area contributed by atoms with Gasteiger partial charge in [0.1, 0.15) is 0 Å². The van der Waals surface area contributed by atoms with Crippen molar-refractivity contribution in [2.75, 3.05) is 26.9 Å². The van der Waals surface area contributed by atoms with Gasteiger partial charge in [0.25, 0.3) is 5.91 Å². The van der Waals surface area contributed by atoms with Gasteiger partial charge < -0.3 is 10.2 Å². The zero-order valence-corrected chi connectivity index (χ0v) is 15.6. The van der Waals surface area contributed by atoms with Crippen LogP contribution in [0.3, 0.4) is 0 Å². The largest absolute Gasteiger partial charge is 0.350 e. The van der Waals surface area contributed by atoms with E-state index in [1.54, 1.807) is 0 Å². The third kappa shape index (κ3) is 5.69. The predicted molar refractivity (Wildman–Crippen MR) is 99.5 cm³/mol. The molecule has 25 heavy (non-hydrogen) atoms. The molecule has 2 aromatic carbocycles. The highest BCUT2D eigenvalue weighted by atomic mass is 32.2. The molecule has 1 atom stereocenters. The average Bonchev–Trinajstić information content (AvgIpc) is 2.58. The van der Waals surface area contributed by atoms with E-state index in [-0.39, 0.29) is 16.8 Å². The number of carbonyl (C=O) groups is 1. The van der Waals surface area contributed by atoms with E-state index >= 15 is 0 Å². The fourth-order valence-corrected chi connectivity index (χ4v) is 3.12. The second kappa shape index (κ2) is 8.27. The van der Waals surface area contributed by atoms with Crippen molar-refractivity contribution in [3.05, 3.63) is 65.7 Å². The third-order valence-electron chi connectivity index (χ3n) is 4.09. The summed E-state index contributed by atoms with van der Waals surface area (Å²) in [5.41, 5.74) is 1.66. The van der Waals surface area contributed by atoms with Gasteiger partial charge in [0.05, 0.1) is 4.90 Å². The summed E-state index contributed by atoms with van der Waals surface area (Å²) in [6, 6.07) is 16.3. The molecular formula is C19H24N2O3S. The molecule has 1 amide bonds. The van der Waals surface area contributed by atoms with E-state index in [0.717, 1.165) is 12.7 Å². The minimum atomic E-state index is -3.26. The monoisotopic (exact) mass is 360 g/mol. The summed E-state index contributed by atoms with van der Waals surface area (Å²) < 4.78 is 22.9. The quantitative estimate of drug-likeness (QED) is 0.820. The van der Waals surface area contributed by atoms with Crippen molar-refractivity contribution in [1.82, 2.24) is 10.2 Å². The number of benzene rings is 2. The molecule has 0 heterocycles. The molecule has 0 aliphatic rings. The lowest BCUT2D eigenvalue weighted by molar-refractivity contribution is 0.0941. The van der Waals surface area contributed by atoms with Crippen LogP contribution >= 0.6 is 0 Å². The van der Waals surface area contributed by atoms with Crippen LogP contribution in [-0.4, -0.2) is 52.2 Å². The van der Waals surface area contributed by atoms with Crippen molar-refractivity contribution in [3.8, 4) is 0 Å². The first-order chi connectivity index (χ1) is 11.8. The van der Waals surface area contributed by atoms with Gasteiger partial charge in [0.15, 0.2) is 9.84 Å². The van der Waals surface area contributed by atoms with Gasteiger partial charge in [-0.3, -0.25) is 4.79 Å². The lowest BCUT2D eigenvalue weighted by Gasteiger charge is -2.24. The van der Waals surface area contributed by atoms with E-state index in [1.165, 1.54) is 29.8 Å². The molecule has 0 bridgehead atoms. The highest BCUT2D eigenvalue weighted by Crippen LogP contribution is 2.11. The van der Waals surface area contributed by atoms with Crippen LogP contribution in [0, 0.1) is 0 Å². The maximum absolute atomic E-state index is 12.3. The number of rotatable bonds is 7. The van der Waals surface area contributed by atoms with E-state index in [2.05, 4.69) is 22.3 Å². The van der Waals surface area contributed by atoms with Gasteiger partial charge in [0, 0.05) is 24.4 Å². The van der Waals surface area contributed by atoms with E-state index < -0.39 is 9.84 Å². The fourth-order valence-electron chi connectivity index (χ4n) is 2.49. The number of likely N-dealkylation sites (N-methyl/N-ethyl adjacent to an activating group) is 1. The molecule has 0 fully saturated rings. The molecule has 0 aliphatic carbocycles. The van der Waals surface area contributed by atoms with Gasteiger partial charge >= 0.3 is 0 Å². The van der Waals surface area contributed by atoms with Gasteiger partial charge in [-0.25, -0.2) is 8.42 Å². The molecule has 0 saturated heterocycles. The lowest BCUT2D eigenvalue weighted by atomic mass is 10.1. The molecule has 2 aromatic rings. The van der Waals surface area contributed by atoms with Crippen molar-refractivity contribution >= 4 is 15.7 Å². The molecule has 2 rings (SSSR count). The maximum atomic E-state index is 12.3. The van der Waals surface area contributed by atoms with Crippen LogP contribution in [-0.2, 0) is 16.3 Å². The van der Waals surface area contributed by atoms with Crippen LogP contribution in [0.25, 0.3) is 0 Å². The van der Waals surface area contributed by atoms with Crippen LogP contribution in [0.2, 0.25) is 0 Å². The van der Waals surface area contributed by atoms with Gasteiger partial charge in [-0.2, -0.15) is 0 Å². The van der Waals surface area contributed by atoms with Gasteiger partial charge in [-0.1, -0.05) is 30.3 Å². The first-order valence-electron chi connectivity index (χ1n) is 8.06. The van der Waals surface area contributed by atoms with E-state index in [0.29, 0.717) is 12.1 Å². The van der Waals surface area contributed by atoms with Gasteiger partial charge in [-0.05, 0) is 50.3 Å². The SMILES string of the molecule is CN(C)C(CNC(=O)c1ccc(S(C)(=O)=O)cc1)Cc1ccccc1. The Morgan fingerprint density at radius 1 is 1.04 bits per heavy atom. The Morgan fingerprint density at radius 2 is 1.64 bits per heavy atom. The summed E-state index contributed by atoms with van der Waals surface area (Å²) in [7, 11) is 0.718. The molecule has 134 valence electrons. The summed E-state index contributed by atoms with van der Waals surface area (Å²) in [5.74, 6) is -0.208. The average molecular weight is 360 g/mol. The van der Waals surface area contributed by atoms with Crippen molar-refractivity contribution in [2.45, 2.75) is 17.4 Å². The van der Waals surface area contributed by atoms with Crippen LogP contribution in [0.5, 0.6) is 0 Å². The van der Waals surface area contributed by atoms with Crippen LogP contribution in [0.1, 0.15) is 15.9 Å². The Balaban J connectivity index is 1.99. The standard InChI is InChI=1S/C19H24N2O3S/c1-21(2)17(13-15-7-5-4-6-8-15)14-20-19(22)16-9-11-18(12-10-16)25(3,23)24/h4-12,17H,13-14H2,1-3H3,(H,20,22). The van der Waals surface area contributed by atoms with Crippen LogP contribution in [0.4, 0.5) is 0 Å². The zero-order chi connectivity index (χ0) is 18.4.